The van der Waals surface area contributed by atoms with Crippen LogP contribution in [0.3, 0.4) is 0 Å². The van der Waals surface area contributed by atoms with Gasteiger partial charge in [-0.3, -0.25) is 4.79 Å². The Hall–Kier alpha value is -1.39. The molecule has 0 bridgehead atoms. The van der Waals surface area contributed by atoms with Crippen LogP contribution in [0.5, 0.6) is 0 Å². The van der Waals surface area contributed by atoms with Gasteiger partial charge in [-0.1, -0.05) is 30.3 Å². The predicted octanol–water partition coefficient (Wildman–Crippen LogP) is 1.54. The summed E-state index contributed by atoms with van der Waals surface area (Å²) in [5.41, 5.74) is 6.80. The minimum absolute atomic E-state index is 0.0431. The van der Waals surface area contributed by atoms with Crippen LogP contribution >= 0.6 is 0 Å². The Balaban J connectivity index is 1.73. The minimum atomic E-state index is -0.401. The molecule has 0 saturated carbocycles. The third-order valence-electron chi connectivity index (χ3n) is 3.47. The number of amides is 1. The summed E-state index contributed by atoms with van der Waals surface area (Å²) in [5.74, 6) is 0.0431. The SMILES string of the molecule is C[C@H](N)C(=O)N1CCC(OCc2ccccc2)CC1. The molecule has 0 spiro atoms. The maximum absolute atomic E-state index is 11.7. The summed E-state index contributed by atoms with van der Waals surface area (Å²) in [4.78, 5) is 13.6. The Morgan fingerprint density at radius 3 is 2.58 bits per heavy atom. The van der Waals surface area contributed by atoms with Gasteiger partial charge < -0.3 is 15.4 Å². The van der Waals surface area contributed by atoms with Crippen LogP contribution in [0.1, 0.15) is 25.3 Å². The van der Waals surface area contributed by atoms with Crippen molar-refractivity contribution >= 4 is 5.91 Å². The van der Waals surface area contributed by atoms with E-state index in [9.17, 15) is 4.79 Å². The number of carbonyl (C=O) groups is 1. The summed E-state index contributed by atoms with van der Waals surface area (Å²) in [6, 6.07) is 9.76. The van der Waals surface area contributed by atoms with Crippen LogP contribution < -0.4 is 5.73 Å². The first-order valence-electron chi connectivity index (χ1n) is 6.86. The smallest absolute Gasteiger partial charge is 0.239 e. The van der Waals surface area contributed by atoms with Crippen LogP contribution in [0, 0.1) is 0 Å². The highest BCUT2D eigenvalue weighted by molar-refractivity contribution is 5.81. The van der Waals surface area contributed by atoms with Crippen LogP contribution in [0.4, 0.5) is 0 Å². The summed E-state index contributed by atoms with van der Waals surface area (Å²) in [7, 11) is 0. The molecular weight excluding hydrogens is 240 g/mol. The molecule has 1 heterocycles. The number of nitrogens with zero attached hydrogens (tertiary/aromatic N) is 1. The topological polar surface area (TPSA) is 55.6 Å². The lowest BCUT2D eigenvalue weighted by Gasteiger charge is -2.32. The van der Waals surface area contributed by atoms with Crippen molar-refractivity contribution in [1.82, 2.24) is 4.90 Å². The number of likely N-dealkylation sites (tertiary alicyclic amines) is 1. The fraction of sp³-hybridized carbons (Fsp3) is 0.533. The molecule has 1 saturated heterocycles. The molecule has 0 aromatic heterocycles. The van der Waals surface area contributed by atoms with E-state index in [2.05, 4.69) is 12.1 Å². The molecule has 1 aromatic carbocycles. The van der Waals surface area contributed by atoms with Crippen molar-refractivity contribution in [1.29, 1.82) is 0 Å². The average Bonchev–Trinajstić information content (AvgIpc) is 2.46. The Labute approximate surface area is 114 Å². The van der Waals surface area contributed by atoms with E-state index in [0.29, 0.717) is 6.61 Å². The van der Waals surface area contributed by atoms with Gasteiger partial charge >= 0.3 is 0 Å². The number of piperidine rings is 1. The molecule has 0 aliphatic carbocycles. The zero-order valence-electron chi connectivity index (χ0n) is 11.4. The number of hydrogen-bond donors (Lipinski definition) is 1. The molecule has 1 aliphatic rings. The van der Waals surface area contributed by atoms with E-state index in [4.69, 9.17) is 10.5 Å². The summed E-state index contributed by atoms with van der Waals surface area (Å²) in [6.07, 6.45) is 2.04. The molecule has 1 fully saturated rings. The highest BCUT2D eigenvalue weighted by Crippen LogP contribution is 2.16. The van der Waals surface area contributed by atoms with Gasteiger partial charge in [-0.15, -0.1) is 0 Å². The van der Waals surface area contributed by atoms with Crippen molar-refractivity contribution < 1.29 is 9.53 Å². The van der Waals surface area contributed by atoms with Crippen molar-refractivity contribution in [3.8, 4) is 0 Å². The molecule has 0 radical (unpaired) electrons. The van der Waals surface area contributed by atoms with E-state index in [0.717, 1.165) is 25.9 Å². The van der Waals surface area contributed by atoms with Crippen LogP contribution in [0.15, 0.2) is 30.3 Å². The second-order valence-electron chi connectivity index (χ2n) is 5.11. The third kappa shape index (κ3) is 4.04. The second kappa shape index (κ2) is 6.68. The van der Waals surface area contributed by atoms with Crippen molar-refractivity contribution in [3.05, 3.63) is 35.9 Å². The normalized spacial score (nSPS) is 18.3. The molecule has 1 aliphatic heterocycles. The van der Waals surface area contributed by atoms with E-state index in [-0.39, 0.29) is 12.0 Å². The van der Waals surface area contributed by atoms with Crippen molar-refractivity contribution in [2.75, 3.05) is 13.1 Å². The van der Waals surface area contributed by atoms with Crippen LogP contribution in [0.2, 0.25) is 0 Å². The second-order valence-corrected chi connectivity index (χ2v) is 5.11. The number of carbonyl (C=O) groups excluding carboxylic acids is 1. The molecular formula is C15H22N2O2. The van der Waals surface area contributed by atoms with E-state index >= 15 is 0 Å². The quantitative estimate of drug-likeness (QED) is 0.895. The lowest BCUT2D eigenvalue weighted by atomic mass is 10.1. The van der Waals surface area contributed by atoms with Crippen molar-refractivity contribution in [2.45, 2.75) is 38.5 Å². The molecule has 19 heavy (non-hydrogen) atoms. The lowest BCUT2D eigenvalue weighted by molar-refractivity contribution is -0.135. The van der Waals surface area contributed by atoms with Gasteiger partial charge in [-0.25, -0.2) is 0 Å². The standard InChI is InChI=1S/C15H22N2O2/c1-12(16)15(18)17-9-7-14(8-10-17)19-11-13-5-3-2-4-6-13/h2-6,12,14H,7-11,16H2,1H3/t12-/m0/s1. The Morgan fingerprint density at radius 2 is 2.00 bits per heavy atom. The summed E-state index contributed by atoms with van der Waals surface area (Å²) in [5, 5.41) is 0. The van der Waals surface area contributed by atoms with Crippen molar-refractivity contribution in [2.24, 2.45) is 5.73 Å². The molecule has 1 aromatic rings. The molecule has 4 heteroatoms. The first-order valence-corrected chi connectivity index (χ1v) is 6.86. The van der Waals surface area contributed by atoms with Crippen LogP contribution in [-0.4, -0.2) is 36.0 Å². The molecule has 104 valence electrons. The molecule has 2 rings (SSSR count). The maximum Gasteiger partial charge on any atom is 0.239 e. The minimum Gasteiger partial charge on any atom is -0.373 e. The fourth-order valence-electron chi connectivity index (χ4n) is 2.32. The molecule has 1 amide bonds. The Kier molecular flexibility index (Phi) is 4.93. The van der Waals surface area contributed by atoms with Gasteiger partial charge in [0, 0.05) is 13.1 Å². The zero-order chi connectivity index (χ0) is 13.7. The zero-order valence-corrected chi connectivity index (χ0v) is 11.4. The third-order valence-corrected chi connectivity index (χ3v) is 3.47. The summed E-state index contributed by atoms with van der Waals surface area (Å²) < 4.78 is 5.89. The van der Waals surface area contributed by atoms with Crippen LogP contribution in [-0.2, 0) is 16.1 Å². The molecule has 0 unspecified atom stereocenters. The van der Waals surface area contributed by atoms with Crippen LogP contribution in [0.25, 0.3) is 0 Å². The summed E-state index contributed by atoms with van der Waals surface area (Å²) >= 11 is 0. The molecule has 1 atom stereocenters. The highest BCUT2D eigenvalue weighted by atomic mass is 16.5. The van der Waals surface area contributed by atoms with Gasteiger partial charge in [-0.2, -0.15) is 0 Å². The fourth-order valence-corrected chi connectivity index (χ4v) is 2.32. The first kappa shape index (κ1) is 14.0. The molecule has 2 N–H and O–H groups in total. The van der Waals surface area contributed by atoms with Gasteiger partial charge in [0.25, 0.3) is 0 Å². The largest absolute Gasteiger partial charge is 0.373 e. The van der Waals surface area contributed by atoms with E-state index in [1.807, 2.05) is 23.1 Å². The lowest BCUT2D eigenvalue weighted by Crippen LogP contribution is -2.47. The number of ether oxygens (including phenoxy) is 1. The van der Waals surface area contributed by atoms with Gasteiger partial charge in [0.05, 0.1) is 18.8 Å². The van der Waals surface area contributed by atoms with Gasteiger partial charge in [0.1, 0.15) is 0 Å². The Morgan fingerprint density at radius 1 is 1.37 bits per heavy atom. The monoisotopic (exact) mass is 262 g/mol. The highest BCUT2D eigenvalue weighted by Gasteiger charge is 2.24. The number of benzene rings is 1. The van der Waals surface area contributed by atoms with Gasteiger partial charge in [-0.05, 0) is 25.3 Å². The summed E-state index contributed by atoms with van der Waals surface area (Å²) in [6.45, 7) is 3.88. The van der Waals surface area contributed by atoms with E-state index < -0.39 is 6.04 Å². The number of rotatable bonds is 4. The Bertz CT molecular complexity index is 398. The van der Waals surface area contributed by atoms with Crippen molar-refractivity contribution in [3.63, 3.8) is 0 Å². The first-order chi connectivity index (χ1) is 9.16. The number of hydrogen-bond acceptors (Lipinski definition) is 3. The van der Waals surface area contributed by atoms with Gasteiger partial charge in [0.2, 0.25) is 5.91 Å². The molecule has 4 nitrogen and oxygen atoms in total. The van der Waals surface area contributed by atoms with E-state index in [1.165, 1.54) is 5.56 Å². The van der Waals surface area contributed by atoms with Gasteiger partial charge in [0.15, 0.2) is 0 Å². The number of nitrogens with two attached hydrogens (primary N) is 1. The predicted molar refractivity (Wildman–Crippen MR) is 74.5 cm³/mol. The maximum atomic E-state index is 11.7. The van der Waals surface area contributed by atoms with E-state index in [1.54, 1.807) is 6.92 Å². The average molecular weight is 262 g/mol.